The lowest BCUT2D eigenvalue weighted by Gasteiger charge is -2.26. The Morgan fingerprint density at radius 3 is 2.57 bits per heavy atom. The van der Waals surface area contributed by atoms with Crippen LogP contribution in [0.3, 0.4) is 0 Å². The molecule has 21 heavy (non-hydrogen) atoms. The Hall–Kier alpha value is -0.910. The Morgan fingerprint density at radius 1 is 1.24 bits per heavy atom. The van der Waals surface area contributed by atoms with Crippen molar-refractivity contribution in [3.8, 4) is 0 Å². The van der Waals surface area contributed by atoms with Crippen LogP contribution >= 0.6 is 0 Å². The number of rotatable bonds is 8. The summed E-state index contributed by atoms with van der Waals surface area (Å²) in [6.07, 6.45) is 4.83. The summed E-state index contributed by atoms with van der Waals surface area (Å²) >= 11 is 0. The van der Waals surface area contributed by atoms with Crippen LogP contribution in [-0.4, -0.2) is 21.0 Å². The fourth-order valence-electron chi connectivity index (χ4n) is 2.47. The van der Waals surface area contributed by atoms with Gasteiger partial charge in [-0.3, -0.25) is 0 Å². The number of hydrogen-bond donors (Lipinski definition) is 2. The average molecular weight is 310 g/mol. The Morgan fingerprint density at radius 2 is 2.00 bits per heavy atom. The molecular weight excluding hydrogens is 284 g/mol. The molecule has 4 nitrogen and oxygen atoms in total. The van der Waals surface area contributed by atoms with Crippen LogP contribution in [0.1, 0.15) is 50.7 Å². The molecule has 0 atom stereocenters. The maximum atomic E-state index is 12.6. The van der Waals surface area contributed by atoms with Gasteiger partial charge >= 0.3 is 0 Å². The Labute approximate surface area is 128 Å². The van der Waals surface area contributed by atoms with Crippen molar-refractivity contribution < 1.29 is 8.42 Å². The third-order valence-electron chi connectivity index (χ3n) is 3.98. The molecule has 1 saturated carbocycles. The summed E-state index contributed by atoms with van der Waals surface area (Å²) in [7, 11) is -3.39. The summed E-state index contributed by atoms with van der Waals surface area (Å²) < 4.78 is 28.0. The monoisotopic (exact) mass is 310 g/mol. The quantitative estimate of drug-likeness (QED) is 0.726. The van der Waals surface area contributed by atoms with Gasteiger partial charge in [0, 0.05) is 12.6 Å². The molecule has 0 spiro atoms. The van der Waals surface area contributed by atoms with Crippen LogP contribution < -0.4 is 10.0 Å². The zero-order valence-corrected chi connectivity index (χ0v) is 13.8. The zero-order valence-electron chi connectivity index (χ0n) is 13.0. The van der Waals surface area contributed by atoms with E-state index in [0.29, 0.717) is 11.4 Å². The molecule has 0 aromatic heterocycles. The molecule has 0 heterocycles. The SMILES string of the molecule is CCCNCc1ccc(CC)c(S(=O)(=O)NC2CCC2)c1. The minimum atomic E-state index is -3.39. The van der Waals surface area contributed by atoms with Crippen molar-refractivity contribution in [3.05, 3.63) is 29.3 Å². The van der Waals surface area contributed by atoms with Crippen molar-refractivity contribution in [2.75, 3.05) is 6.54 Å². The van der Waals surface area contributed by atoms with Gasteiger partial charge in [-0.1, -0.05) is 32.4 Å². The lowest BCUT2D eigenvalue weighted by Crippen LogP contribution is -2.39. The van der Waals surface area contributed by atoms with E-state index in [2.05, 4.69) is 17.0 Å². The minimum Gasteiger partial charge on any atom is -0.313 e. The van der Waals surface area contributed by atoms with Gasteiger partial charge in [0.2, 0.25) is 10.0 Å². The maximum Gasteiger partial charge on any atom is 0.241 e. The van der Waals surface area contributed by atoms with Gasteiger partial charge in [-0.05, 0) is 49.4 Å². The van der Waals surface area contributed by atoms with Gasteiger partial charge in [-0.25, -0.2) is 13.1 Å². The van der Waals surface area contributed by atoms with Crippen LogP contribution in [0.5, 0.6) is 0 Å². The van der Waals surface area contributed by atoms with Crippen LogP contribution in [-0.2, 0) is 23.0 Å². The normalized spacial score (nSPS) is 15.9. The molecule has 1 aromatic rings. The first kappa shape index (κ1) is 16.5. The van der Waals surface area contributed by atoms with E-state index in [1.54, 1.807) is 0 Å². The van der Waals surface area contributed by atoms with Crippen LogP contribution in [0.15, 0.2) is 23.1 Å². The molecule has 2 rings (SSSR count). The van der Waals surface area contributed by atoms with Crippen LogP contribution in [0, 0.1) is 0 Å². The van der Waals surface area contributed by atoms with E-state index in [0.717, 1.165) is 49.8 Å². The topological polar surface area (TPSA) is 58.2 Å². The predicted octanol–water partition coefficient (Wildman–Crippen LogP) is 2.58. The summed E-state index contributed by atoms with van der Waals surface area (Å²) in [5.41, 5.74) is 1.91. The fourth-order valence-corrected chi connectivity index (χ4v) is 4.14. The van der Waals surface area contributed by atoms with Gasteiger partial charge in [0.05, 0.1) is 4.90 Å². The summed E-state index contributed by atoms with van der Waals surface area (Å²) in [4.78, 5) is 0.452. The highest BCUT2D eigenvalue weighted by atomic mass is 32.2. The highest BCUT2D eigenvalue weighted by molar-refractivity contribution is 7.89. The fraction of sp³-hybridized carbons (Fsp3) is 0.625. The van der Waals surface area contributed by atoms with Gasteiger partial charge in [-0.15, -0.1) is 0 Å². The largest absolute Gasteiger partial charge is 0.313 e. The van der Waals surface area contributed by atoms with Gasteiger partial charge in [0.25, 0.3) is 0 Å². The second kappa shape index (κ2) is 7.38. The van der Waals surface area contributed by atoms with Crippen LogP contribution in [0.4, 0.5) is 0 Å². The van der Waals surface area contributed by atoms with Gasteiger partial charge in [0.1, 0.15) is 0 Å². The van der Waals surface area contributed by atoms with Crippen molar-refractivity contribution >= 4 is 10.0 Å². The Kier molecular flexibility index (Phi) is 5.79. The van der Waals surface area contributed by atoms with Crippen molar-refractivity contribution in [2.24, 2.45) is 0 Å². The van der Waals surface area contributed by atoms with E-state index in [9.17, 15) is 8.42 Å². The number of sulfonamides is 1. The summed E-state index contributed by atoms with van der Waals surface area (Å²) in [5.74, 6) is 0. The molecule has 0 bridgehead atoms. The lowest BCUT2D eigenvalue weighted by atomic mass is 9.94. The minimum absolute atomic E-state index is 0.126. The second-order valence-corrected chi connectivity index (χ2v) is 7.40. The summed E-state index contributed by atoms with van der Waals surface area (Å²) in [6, 6.07) is 5.91. The smallest absolute Gasteiger partial charge is 0.241 e. The van der Waals surface area contributed by atoms with E-state index in [1.165, 1.54) is 0 Å². The highest BCUT2D eigenvalue weighted by Crippen LogP contribution is 2.24. The first-order valence-electron chi connectivity index (χ1n) is 7.91. The van der Waals surface area contributed by atoms with Crippen molar-refractivity contribution in [1.29, 1.82) is 0 Å². The molecule has 1 aromatic carbocycles. The van der Waals surface area contributed by atoms with E-state index >= 15 is 0 Å². The third-order valence-corrected chi connectivity index (χ3v) is 5.59. The zero-order chi connectivity index (χ0) is 15.3. The molecule has 1 aliphatic rings. The van der Waals surface area contributed by atoms with Crippen LogP contribution in [0.2, 0.25) is 0 Å². The molecule has 118 valence electrons. The summed E-state index contributed by atoms with van der Waals surface area (Å²) in [5, 5.41) is 3.32. The van der Waals surface area contributed by atoms with E-state index in [-0.39, 0.29) is 6.04 Å². The van der Waals surface area contributed by atoms with Crippen molar-refractivity contribution in [1.82, 2.24) is 10.0 Å². The molecule has 1 fully saturated rings. The average Bonchev–Trinajstić information content (AvgIpc) is 2.43. The van der Waals surface area contributed by atoms with E-state index in [4.69, 9.17) is 0 Å². The molecule has 5 heteroatoms. The molecular formula is C16H26N2O2S. The Bertz CT molecular complexity index is 566. The molecule has 0 radical (unpaired) electrons. The van der Waals surface area contributed by atoms with Crippen molar-refractivity contribution in [3.63, 3.8) is 0 Å². The molecule has 0 amide bonds. The van der Waals surface area contributed by atoms with Crippen LogP contribution in [0.25, 0.3) is 0 Å². The third kappa shape index (κ3) is 4.28. The first-order chi connectivity index (χ1) is 10.1. The molecule has 0 saturated heterocycles. The number of aryl methyl sites for hydroxylation is 1. The highest BCUT2D eigenvalue weighted by Gasteiger charge is 2.26. The Balaban J connectivity index is 2.19. The van der Waals surface area contributed by atoms with Gasteiger partial charge < -0.3 is 5.32 Å². The molecule has 0 aliphatic heterocycles. The van der Waals surface area contributed by atoms with Gasteiger partial charge in [0.15, 0.2) is 0 Å². The number of hydrogen-bond acceptors (Lipinski definition) is 3. The van der Waals surface area contributed by atoms with Crippen molar-refractivity contribution in [2.45, 2.75) is 63.4 Å². The predicted molar refractivity (Wildman–Crippen MR) is 85.8 cm³/mol. The lowest BCUT2D eigenvalue weighted by molar-refractivity contribution is 0.383. The molecule has 1 aliphatic carbocycles. The first-order valence-corrected chi connectivity index (χ1v) is 9.40. The standard InChI is InChI=1S/C16H26N2O2S/c1-3-10-17-12-13-8-9-14(4-2)16(11-13)21(19,20)18-15-6-5-7-15/h8-9,11,15,17-18H,3-7,10,12H2,1-2H3. The van der Waals surface area contributed by atoms with Gasteiger partial charge in [-0.2, -0.15) is 0 Å². The second-order valence-electron chi connectivity index (χ2n) is 5.72. The number of benzene rings is 1. The number of nitrogens with one attached hydrogen (secondary N) is 2. The molecule has 0 unspecified atom stereocenters. The van der Waals surface area contributed by atoms with E-state index < -0.39 is 10.0 Å². The summed E-state index contributed by atoms with van der Waals surface area (Å²) in [6.45, 7) is 5.76. The maximum absolute atomic E-state index is 12.6. The molecule has 2 N–H and O–H groups in total. The van der Waals surface area contributed by atoms with E-state index in [1.807, 2.05) is 25.1 Å².